The van der Waals surface area contributed by atoms with E-state index < -0.39 is 0 Å². The molecule has 1 aromatic heterocycles. The second-order valence-corrected chi connectivity index (χ2v) is 6.43. The number of thiazole rings is 1. The van der Waals surface area contributed by atoms with Crippen molar-refractivity contribution in [3.8, 4) is 10.6 Å². The van der Waals surface area contributed by atoms with Crippen molar-refractivity contribution in [2.75, 3.05) is 6.54 Å². The van der Waals surface area contributed by atoms with E-state index >= 15 is 0 Å². The molecule has 0 amide bonds. The largest absolute Gasteiger partial charge is 0.309 e. The van der Waals surface area contributed by atoms with Gasteiger partial charge in [-0.1, -0.05) is 22.9 Å². The van der Waals surface area contributed by atoms with Gasteiger partial charge in [0.25, 0.3) is 0 Å². The maximum atomic E-state index is 4.75. The average Bonchev–Trinajstić information content (AvgIpc) is 2.85. The fraction of sp³-hybridized carbons (Fsp3) is 0.400. The molecule has 102 valence electrons. The highest BCUT2D eigenvalue weighted by Crippen LogP contribution is 2.31. The molecule has 4 heteroatoms. The first-order valence-electron chi connectivity index (χ1n) is 6.48. The van der Waals surface area contributed by atoms with Crippen molar-refractivity contribution in [2.45, 2.75) is 33.7 Å². The van der Waals surface area contributed by atoms with Crippen LogP contribution in [0.1, 0.15) is 36.7 Å². The summed E-state index contributed by atoms with van der Waals surface area (Å²) in [6.07, 6.45) is 0. The van der Waals surface area contributed by atoms with Gasteiger partial charge in [-0.2, -0.15) is 0 Å². The molecule has 1 aromatic carbocycles. The average molecular weight is 339 g/mol. The van der Waals surface area contributed by atoms with Crippen molar-refractivity contribution in [1.82, 2.24) is 10.3 Å². The molecule has 2 nitrogen and oxygen atoms in total. The fourth-order valence-electron chi connectivity index (χ4n) is 2.10. The maximum absolute atomic E-state index is 4.75. The molecule has 0 aliphatic rings. The lowest BCUT2D eigenvalue weighted by Gasteiger charge is -2.08. The molecule has 0 saturated heterocycles. The van der Waals surface area contributed by atoms with E-state index in [1.54, 1.807) is 11.3 Å². The summed E-state index contributed by atoms with van der Waals surface area (Å²) in [5, 5.41) is 6.64. The Balaban J connectivity index is 2.33. The number of rotatable bonds is 4. The number of nitrogens with one attached hydrogen (secondary N) is 1. The summed E-state index contributed by atoms with van der Waals surface area (Å²) in [5.74, 6) is 0. The van der Waals surface area contributed by atoms with Crippen LogP contribution >= 0.6 is 27.3 Å². The molecule has 0 aliphatic carbocycles. The van der Waals surface area contributed by atoms with Crippen LogP contribution in [0.15, 0.2) is 22.0 Å². The van der Waals surface area contributed by atoms with Crippen LogP contribution in [0.3, 0.4) is 0 Å². The first-order chi connectivity index (χ1) is 9.02. The molecule has 0 fully saturated rings. The molecule has 2 rings (SSSR count). The second-order valence-electron chi connectivity index (χ2n) is 4.78. The van der Waals surface area contributed by atoms with Gasteiger partial charge in [0, 0.05) is 21.5 Å². The van der Waals surface area contributed by atoms with Crippen LogP contribution in [-0.2, 0) is 0 Å². The van der Waals surface area contributed by atoms with Gasteiger partial charge in [-0.15, -0.1) is 11.3 Å². The highest BCUT2D eigenvalue weighted by Gasteiger charge is 2.11. The minimum Gasteiger partial charge on any atom is -0.309 e. The van der Waals surface area contributed by atoms with Crippen molar-refractivity contribution in [1.29, 1.82) is 0 Å². The molecule has 0 spiro atoms. The van der Waals surface area contributed by atoms with Gasteiger partial charge >= 0.3 is 0 Å². The van der Waals surface area contributed by atoms with E-state index in [1.807, 2.05) is 0 Å². The summed E-state index contributed by atoms with van der Waals surface area (Å²) >= 11 is 5.32. The van der Waals surface area contributed by atoms with Gasteiger partial charge in [-0.3, -0.25) is 0 Å². The number of aromatic nitrogens is 1. The van der Waals surface area contributed by atoms with Crippen LogP contribution in [0.25, 0.3) is 10.6 Å². The highest BCUT2D eigenvalue weighted by atomic mass is 79.9. The summed E-state index contributed by atoms with van der Waals surface area (Å²) in [7, 11) is 0. The molecule has 1 unspecified atom stereocenters. The van der Waals surface area contributed by atoms with Crippen LogP contribution in [0.4, 0.5) is 0 Å². The Kier molecular flexibility index (Phi) is 4.76. The third-order valence-electron chi connectivity index (χ3n) is 3.16. The smallest absolute Gasteiger partial charge is 0.123 e. The zero-order valence-corrected chi connectivity index (χ0v) is 14.2. The van der Waals surface area contributed by atoms with Crippen molar-refractivity contribution in [3.05, 3.63) is 38.8 Å². The van der Waals surface area contributed by atoms with Gasteiger partial charge in [-0.05, 0) is 50.6 Å². The maximum Gasteiger partial charge on any atom is 0.123 e. The highest BCUT2D eigenvalue weighted by molar-refractivity contribution is 9.10. The van der Waals surface area contributed by atoms with E-state index in [1.165, 1.54) is 21.2 Å². The minimum absolute atomic E-state index is 0.313. The Morgan fingerprint density at radius 3 is 2.53 bits per heavy atom. The van der Waals surface area contributed by atoms with Crippen molar-refractivity contribution in [2.24, 2.45) is 0 Å². The zero-order valence-electron chi connectivity index (χ0n) is 11.7. The molecule has 0 radical (unpaired) electrons. The quantitative estimate of drug-likeness (QED) is 0.860. The third kappa shape index (κ3) is 3.25. The fourth-order valence-corrected chi connectivity index (χ4v) is 3.23. The Labute approximate surface area is 127 Å². The summed E-state index contributed by atoms with van der Waals surface area (Å²) in [5.41, 5.74) is 4.84. The summed E-state index contributed by atoms with van der Waals surface area (Å²) < 4.78 is 1.19. The lowest BCUT2D eigenvalue weighted by atomic mass is 10.1. The van der Waals surface area contributed by atoms with E-state index in [0.717, 1.165) is 17.2 Å². The summed E-state index contributed by atoms with van der Waals surface area (Å²) in [6, 6.07) is 4.70. The van der Waals surface area contributed by atoms with Gasteiger partial charge in [0.2, 0.25) is 0 Å². The number of benzene rings is 1. The Morgan fingerprint density at radius 1 is 1.32 bits per heavy atom. The monoisotopic (exact) mass is 338 g/mol. The Morgan fingerprint density at radius 2 is 1.95 bits per heavy atom. The first-order valence-corrected chi connectivity index (χ1v) is 8.16. The topological polar surface area (TPSA) is 24.9 Å². The Bertz CT molecular complexity index is 554. The van der Waals surface area contributed by atoms with Crippen LogP contribution < -0.4 is 5.32 Å². The molecular formula is C15H19BrN2S. The number of aryl methyl sites for hydroxylation is 2. The molecule has 1 atom stereocenters. The lowest BCUT2D eigenvalue weighted by molar-refractivity contribution is 0.587. The van der Waals surface area contributed by atoms with Gasteiger partial charge in [0.1, 0.15) is 5.01 Å². The van der Waals surface area contributed by atoms with Gasteiger partial charge in [0.05, 0.1) is 5.69 Å². The van der Waals surface area contributed by atoms with E-state index in [2.05, 4.69) is 66.5 Å². The van der Waals surface area contributed by atoms with E-state index in [0.29, 0.717) is 6.04 Å². The van der Waals surface area contributed by atoms with E-state index in [4.69, 9.17) is 4.98 Å². The minimum atomic E-state index is 0.313. The van der Waals surface area contributed by atoms with Crippen molar-refractivity contribution < 1.29 is 0 Å². The predicted molar refractivity (Wildman–Crippen MR) is 86.8 cm³/mol. The molecule has 1 heterocycles. The van der Waals surface area contributed by atoms with E-state index in [-0.39, 0.29) is 0 Å². The van der Waals surface area contributed by atoms with Crippen molar-refractivity contribution >= 4 is 27.3 Å². The number of halogens is 1. The predicted octanol–water partition coefficient (Wildman–Crippen LogP) is 4.86. The van der Waals surface area contributed by atoms with Gasteiger partial charge < -0.3 is 5.32 Å². The molecule has 0 bridgehead atoms. The molecule has 0 aliphatic heterocycles. The van der Waals surface area contributed by atoms with Crippen LogP contribution in [0.2, 0.25) is 0 Å². The van der Waals surface area contributed by atoms with Crippen LogP contribution in [0.5, 0.6) is 0 Å². The second kappa shape index (κ2) is 6.16. The number of nitrogens with zero attached hydrogens (tertiary/aromatic N) is 1. The number of hydrogen-bond donors (Lipinski definition) is 1. The molecule has 0 saturated carbocycles. The van der Waals surface area contributed by atoms with Crippen LogP contribution in [-0.4, -0.2) is 11.5 Å². The number of hydrogen-bond acceptors (Lipinski definition) is 3. The molecular weight excluding hydrogens is 320 g/mol. The first kappa shape index (κ1) is 14.7. The summed E-state index contributed by atoms with van der Waals surface area (Å²) in [4.78, 5) is 4.75. The Hall–Kier alpha value is -0.710. The summed E-state index contributed by atoms with van der Waals surface area (Å²) in [6.45, 7) is 9.48. The lowest BCUT2D eigenvalue weighted by Crippen LogP contribution is -2.17. The zero-order chi connectivity index (χ0) is 14.0. The molecule has 19 heavy (non-hydrogen) atoms. The molecule has 2 aromatic rings. The van der Waals surface area contributed by atoms with Crippen molar-refractivity contribution in [3.63, 3.8) is 0 Å². The SMILES string of the molecule is CCNC(C)c1csc(-c2cc(C)c(Br)c(C)c2)n1. The van der Waals surface area contributed by atoms with Gasteiger partial charge in [-0.25, -0.2) is 4.98 Å². The van der Waals surface area contributed by atoms with Gasteiger partial charge in [0.15, 0.2) is 0 Å². The van der Waals surface area contributed by atoms with Crippen LogP contribution in [0, 0.1) is 13.8 Å². The molecule has 1 N–H and O–H groups in total. The van der Waals surface area contributed by atoms with E-state index in [9.17, 15) is 0 Å². The standard InChI is InChI=1S/C15H19BrN2S/c1-5-17-11(4)13-8-19-15(18-13)12-6-9(2)14(16)10(3)7-12/h6-8,11,17H,5H2,1-4H3. The normalized spacial score (nSPS) is 12.7. The third-order valence-corrected chi connectivity index (χ3v) is 5.32.